The van der Waals surface area contributed by atoms with E-state index in [0.29, 0.717) is 18.7 Å². The van der Waals surface area contributed by atoms with Gasteiger partial charge in [0.25, 0.3) is 21.6 Å². The van der Waals surface area contributed by atoms with Crippen molar-refractivity contribution in [3.05, 3.63) is 64.2 Å². The number of morpholine rings is 1. The van der Waals surface area contributed by atoms with Gasteiger partial charge in [-0.2, -0.15) is 0 Å². The van der Waals surface area contributed by atoms with E-state index in [4.69, 9.17) is 4.74 Å². The molecule has 2 atom stereocenters. The molecule has 0 aromatic heterocycles. The Hall–Kier alpha value is -2.98. The number of nitro benzene ring substituents is 1. The standard InChI is InChI=1S/C19H21N3O6S/c1-13-11-21(12-14(2)28-13)19(23)15-6-8-16(9-7-15)20-29(26,27)18-5-3-4-17(10-18)22(24)25/h3-10,13-14,20H,11-12H2,1-2H3. The number of anilines is 1. The Morgan fingerprint density at radius 3 is 2.34 bits per heavy atom. The summed E-state index contributed by atoms with van der Waals surface area (Å²) in [6.45, 7) is 4.79. The van der Waals surface area contributed by atoms with Crippen LogP contribution in [0.3, 0.4) is 0 Å². The van der Waals surface area contributed by atoms with Gasteiger partial charge in [-0.15, -0.1) is 0 Å². The van der Waals surface area contributed by atoms with E-state index in [1.54, 1.807) is 17.0 Å². The summed E-state index contributed by atoms with van der Waals surface area (Å²) in [5.74, 6) is -0.153. The lowest BCUT2D eigenvalue weighted by molar-refractivity contribution is -0.385. The molecule has 3 rings (SSSR count). The van der Waals surface area contributed by atoms with Gasteiger partial charge in [-0.25, -0.2) is 8.42 Å². The SMILES string of the molecule is CC1CN(C(=O)c2ccc(NS(=O)(=O)c3cccc([N+](=O)[O-])c3)cc2)CC(C)O1. The fourth-order valence-corrected chi connectivity index (χ4v) is 4.28. The second kappa shape index (κ2) is 8.18. The largest absolute Gasteiger partial charge is 0.372 e. The first-order valence-corrected chi connectivity index (χ1v) is 10.5. The first kappa shape index (κ1) is 20.7. The third kappa shape index (κ3) is 4.90. The zero-order valence-corrected chi connectivity index (χ0v) is 16.8. The smallest absolute Gasteiger partial charge is 0.270 e. The van der Waals surface area contributed by atoms with E-state index >= 15 is 0 Å². The van der Waals surface area contributed by atoms with Crippen LogP contribution in [0.5, 0.6) is 0 Å². The number of nitrogens with zero attached hydrogens (tertiary/aromatic N) is 2. The van der Waals surface area contributed by atoms with Crippen molar-refractivity contribution < 1.29 is 22.9 Å². The maximum Gasteiger partial charge on any atom is 0.270 e. The Bertz CT molecular complexity index is 1010. The van der Waals surface area contributed by atoms with E-state index in [9.17, 15) is 23.3 Å². The molecule has 9 nitrogen and oxygen atoms in total. The fourth-order valence-electron chi connectivity index (χ4n) is 3.19. The van der Waals surface area contributed by atoms with Crippen molar-refractivity contribution in [3.8, 4) is 0 Å². The first-order chi connectivity index (χ1) is 13.7. The molecule has 1 aliphatic rings. The molecule has 29 heavy (non-hydrogen) atoms. The minimum atomic E-state index is -4.00. The van der Waals surface area contributed by atoms with Crippen molar-refractivity contribution in [1.29, 1.82) is 0 Å². The van der Waals surface area contributed by atoms with Gasteiger partial charge in [0, 0.05) is 36.5 Å². The minimum Gasteiger partial charge on any atom is -0.372 e. The van der Waals surface area contributed by atoms with E-state index < -0.39 is 14.9 Å². The molecular weight excluding hydrogens is 398 g/mol. The second-order valence-electron chi connectivity index (χ2n) is 6.90. The summed E-state index contributed by atoms with van der Waals surface area (Å²) in [6, 6.07) is 10.8. The zero-order chi connectivity index (χ0) is 21.2. The molecule has 1 heterocycles. The number of non-ortho nitro benzene ring substituents is 1. The monoisotopic (exact) mass is 419 g/mol. The van der Waals surface area contributed by atoms with Crippen molar-refractivity contribution in [2.45, 2.75) is 31.0 Å². The molecule has 1 saturated heterocycles. The molecular formula is C19H21N3O6S. The molecule has 2 unspecified atom stereocenters. The number of sulfonamides is 1. The Labute approximate surface area is 168 Å². The van der Waals surface area contributed by atoms with Crippen molar-refractivity contribution >= 4 is 27.3 Å². The number of rotatable bonds is 5. The van der Waals surface area contributed by atoms with Gasteiger partial charge in [0.1, 0.15) is 0 Å². The van der Waals surface area contributed by atoms with Gasteiger partial charge < -0.3 is 9.64 Å². The molecule has 10 heteroatoms. The number of nitrogens with one attached hydrogen (secondary N) is 1. The molecule has 154 valence electrons. The molecule has 0 saturated carbocycles. The summed E-state index contributed by atoms with van der Waals surface area (Å²) >= 11 is 0. The quantitative estimate of drug-likeness (QED) is 0.588. The molecule has 1 aliphatic heterocycles. The lowest BCUT2D eigenvalue weighted by atomic mass is 10.1. The molecule has 0 aliphatic carbocycles. The molecule has 0 spiro atoms. The molecule has 1 amide bonds. The maximum absolute atomic E-state index is 12.7. The van der Waals surface area contributed by atoms with Crippen molar-refractivity contribution in [3.63, 3.8) is 0 Å². The van der Waals surface area contributed by atoms with Gasteiger partial charge in [0.05, 0.1) is 22.0 Å². The lowest BCUT2D eigenvalue weighted by Crippen LogP contribution is -2.48. The number of carbonyl (C=O) groups is 1. The molecule has 1 N–H and O–H groups in total. The highest BCUT2D eigenvalue weighted by Gasteiger charge is 2.26. The average Bonchev–Trinajstić information content (AvgIpc) is 2.67. The summed E-state index contributed by atoms with van der Waals surface area (Å²) in [5.41, 5.74) is 0.365. The molecule has 0 radical (unpaired) electrons. The summed E-state index contributed by atoms with van der Waals surface area (Å²) in [5, 5.41) is 10.9. The van der Waals surface area contributed by atoms with Crippen LogP contribution in [0.25, 0.3) is 0 Å². The Morgan fingerprint density at radius 2 is 1.76 bits per heavy atom. The van der Waals surface area contributed by atoms with Crippen LogP contribution in [0.1, 0.15) is 24.2 Å². The van der Waals surface area contributed by atoms with Crippen LogP contribution < -0.4 is 4.72 Å². The number of benzene rings is 2. The predicted molar refractivity (Wildman–Crippen MR) is 106 cm³/mol. The zero-order valence-electron chi connectivity index (χ0n) is 15.9. The van der Waals surface area contributed by atoms with E-state index in [1.807, 2.05) is 13.8 Å². The molecule has 2 aromatic carbocycles. The fraction of sp³-hybridized carbons (Fsp3) is 0.316. The number of hydrogen-bond donors (Lipinski definition) is 1. The predicted octanol–water partition coefficient (Wildman–Crippen LogP) is 2.65. The summed E-state index contributed by atoms with van der Waals surface area (Å²) < 4.78 is 33.0. The van der Waals surface area contributed by atoms with E-state index in [1.165, 1.54) is 30.3 Å². The van der Waals surface area contributed by atoms with Crippen LogP contribution >= 0.6 is 0 Å². The highest BCUT2D eigenvalue weighted by molar-refractivity contribution is 7.92. The number of amides is 1. The molecule has 1 fully saturated rings. The van der Waals surface area contributed by atoms with Gasteiger partial charge in [0.15, 0.2) is 0 Å². The van der Waals surface area contributed by atoms with E-state index in [2.05, 4.69) is 4.72 Å². The Morgan fingerprint density at radius 1 is 1.14 bits per heavy atom. The number of carbonyl (C=O) groups excluding carboxylic acids is 1. The highest BCUT2D eigenvalue weighted by atomic mass is 32.2. The topological polar surface area (TPSA) is 119 Å². The van der Waals surface area contributed by atoms with E-state index in [0.717, 1.165) is 6.07 Å². The normalized spacial score (nSPS) is 19.6. The van der Waals surface area contributed by atoms with Gasteiger partial charge in [-0.3, -0.25) is 19.6 Å². The van der Waals surface area contributed by atoms with Gasteiger partial charge in [-0.1, -0.05) is 6.07 Å². The van der Waals surface area contributed by atoms with Crippen LogP contribution in [0.4, 0.5) is 11.4 Å². The van der Waals surface area contributed by atoms with E-state index in [-0.39, 0.29) is 34.4 Å². The summed E-state index contributed by atoms with van der Waals surface area (Å²) in [7, 11) is -4.00. The second-order valence-corrected chi connectivity index (χ2v) is 8.59. The summed E-state index contributed by atoms with van der Waals surface area (Å²) in [6.07, 6.45) is -0.104. The number of nitro groups is 1. The van der Waals surface area contributed by atoms with Gasteiger partial charge in [-0.05, 0) is 44.2 Å². The number of ether oxygens (including phenoxy) is 1. The van der Waals surface area contributed by atoms with Crippen molar-refractivity contribution in [2.24, 2.45) is 0 Å². The minimum absolute atomic E-state index is 0.0521. The first-order valence-electron chi connectivity index (χ1n) is 8.98. The average molecular weight is 419 g/mol. The third-order valence-corrected chi connectivity index (χ3v) is 5.81. The Balaban J connectivity index is 1.74. The van der Waals surface area contributed by atoms with Crippen molar-refractivity contribution in [2.75, 3.05) is 17.8 Å². The lowest BCUT2D eigenvalue weighted by Gasteiger charge is -2.35. The number of hydrogen-bond acceptors (Lipinski definition) is 6. The maximum atomic E-state index is 12.7. The molecule has 2 aromatic rings. The third-order valence-electron chi connectivity index (χ3n) is 4.43. The Kier molecular flexibility index (Phi) is 5.85. The van der Waals surface area contributed by atoms with Gasteiger partial charge >= 0.3 is 0 Å². The van der Waals surface area contributed by atoms with Crippen molar-refractivity contribution in [1.82, 2.24) is 4.90 Å². The highest BCUT2D eigenvalue weighted by Crippen LogP contribution is 2.21. The van der Waals surface area contributed by atoms with Crippen LogP contribution in [0.2, 0.25) is 0 Å². The van der Waals surface area contributed by atoms with Crippen LogP contribution in [-0.2, 0) is 14.8 Å². The van der Waals surface area contributed by atoms with Gasteiger partial charge in [0.2, 0.25) is 0 Å². The summed E-state index contributed by atoms with van der Waals surface area (Å²) in [4.78, 5) is 24.4. The molecule has 0 bridgehead atoms. The van der Waals surface area contributed by atoms with Crippen LogP contribution in [-0.4, -0.2) is 49.4 Å². The van der Waals surface area contributed by atoms with Crippen LogP contribution in [0.15, 0.2) is 53.4 Å². The van der Waals surface area contributed by atoms with Crippen LogP contribution in [0, 0.1) is 10.1 Å².